The molecule has 0 aliphatic carbocycles. The van der Waals surface area contributed by atoms with Crippen LogP contribution in [0, 0.1) is 6.92 Å². The molecule has 0 saturated carbocycles. The number of hydrogen-bond acceptors (Lipinski definition) is 3. The van der Waals surface area contributed by atoms with Gasteiger partial charge in [-0.3, -0.25) is 0 Å². The van der Waals surface area contributed by atoms with Gasteiger partial charge in [-0.05, 0) is 31.7 Å². The lowest BCUT2D eigenvalue weighted by molar-refractivity contribution is 0.590. The molecule has 0 aliphatic rings. The Morgan fingerprint density at radius 3 is 2.59 bits per heavy atom. The van der Waals surface area contributed by atoms with Crippen molar-refractivity contribution in [3.05, 3.63) is 50.9 Å². The predicted molar refractivity (Wildman–Crippen MR) is 73.8 cm³/mol. The molecule has 0 fully saturated rings. The molecular weight excluding hydrogens is 252 g/mol. The molecule has 1 aromatic heterocycles. The number of aryl methyl sites for hydroxylation is 1. The normalized spacial score (nSPS) is 12.6. The summed E-state index contributed by atoms with van der Waals surface area (Å²) in [7, 11) is 1.97. The van der Waals surface area contributed by atoms with Gasteiger partial charge in [0, 0.05) is 28.6 Å². The lowest BCUT2D eigenvalue weighted by atomic mass is 10.0. The Kier molecular flexibility index (Phi) is 4.15. The minimum atomic E-state index is 0.290. The second kappa shape index (κ2) is 5.63. The van der Waals surface area contributed by atoms with Crippen molar-refractivity contribution in [2.24, 2.45) is 0 Å². The number of nitrogens with one attached hydrogen (secondary N) is 1. The first-order valence-electron chi connectivity index (χ1n) is 5.53. The molecule has 2 nitrogen and oxygen atoms in total. The highest BCUT2D eigenvalue weighted by molar-refractivity contribution is 7.09. The van der Waals surface area contributed by atoms with E-state index in [0.717, 1.165) is 22.1 Å². The van der Waals surface area contributed by atoms with Crippen LogP contribution in [-0.4, -0.2) is 12.0 Å². The van der Waals surface area contributed by atoms with Crippen molar-refractivity contribution >= 4 is 22.9 Å². The van der Waals surface area contributed by atoms with E-state index in [-0.39, 0.29) is 6.04 Å². The van der Waals surface area contributed by atoms with Gasteiger partial charge in [-0.25, -0.2) is 4.98 Å². The van der Waals surface area contributed by atoms with Gasteiger partial charge in [0.2, 0.25) is 0 Å². The van der Waals surface area contributed by atoms with Crippen molar-refractivity contribution in [1.29, 1.82) is 0 Å². The van der Waals surface area contributed by atoms with Crippen LogP contribution in [0.1, 0.15) is 22.3 Å². The van der Waals surface area contributed by atoms with Crippen molar-refractivity contribution in [3.8, 4) is 0 Å². The zero-order valence-electron chi connectivity index (χ0n) is 9.90. The molecule has 4 heteroatoms. The molecule has 0 aliphatic heterocycles. The highest BCUT2D eigenvalue weighted by Crippen LogP contribution is 2.21. The topological polar surface area (TPSA) is 24.9 Å². The Morgan fingerprint density at radius 2 is 2.06 bits per heavy atom. The first-order chi connectivity index (χ1) is 8.19. The van der Waals surface area contributed by atoms with E-state index in [4.69, 9.17) is 11.6 Å². The molecule has 0 saturated heterocycles. The Hall–Kier alpha value is -0.900. The summed E-state index contributed by atoms with van der Waals surface area (Å²) in [4.78, 5) is 4.49. The first-order valence-corrected chi connectivity index (χ1v) is 6.78. The van der Waals surface area contributed by atoms with Gasteiger partial charge in [0.1, 0.15) is 0 Å². The highest BCUT2D eigenvalue weighted by Gasteiger charge is 2.11. The van der Waals surface area contributed by atoms with Crippen LogP contribution in [0.15, 0.2) is 29.6 Å². The Labute approximate surface area is 111 Å². The fraction of sp³-hybridized carbons (Fsp3) is 0.308. The Balaban J connectivity index is 2.13. The van der Waals surface area contributed by atoms with Crippen LogP contribution in [0.25, 0.3) is 0 Å². The van der Waals surface area contributed by atoms with Crippen molar-refractivity contribution < 1.29 is 0 Å². The molecule has 0 spiro atoms. The van der Waals surface area contributed by atoms with Crippen molar-refractivity contribution in [3.63, 3.8) is 0 Å². The van der Waals surface area contributed by atoms with E-state index >= 15 is 0 Å². The van der Waals surface area contributed by atoms with E-state index < -0.39 is 0 Å². The van der Waals surface area contributed by atoms with E-state index in [0.29, 0.717) is 0 Å². The highest BCUT2D eigenvalue weighted by atomic mass is 35.5. The van der Waals surface area contributed by atoms with E-state index in [1.165, 1.54) is 5.56 Å². The number of nitrogens with zero attached hydrogens (tertiary/aromatic N) is 1. The summed E-state index contributed by atoms with van der Waals surface area (Å²) in [5.41, 5.74) is 2.33. The molecular formula is C13H15ClN2S. The van der Waals surface area contributed by atoms with E-state index in [2.05, 4.69) is 27.8 Å². The third kappa shape index (κ3) is 3.28. The van der Waals surface area contributed by atoms with Crippen molar-refractivity contribution in [2.45, 2.75) is 19.4 Å². The SMILES string of the molecule is CNC(Cc1nc(C)cs1)c1ccc(Cl)cc1. The number of likely N-dealkylation sites (N-methyl/N-ethyl adjacent to an activating group) is 1. The average Bonchev–Trinajstić information content (AvgIpc) is 2.73. The number of benzene rings is 1. The third-order valence-electron chi connectivity index (χ3n) is 2.67. The average molecular weight is 267 g/mol. The van der Waals surface area contributed by atoms with Gasteiger partial charge in [0.05, 0.1) is 5.01 Å². The summed E-state index contributed by atoms with van der Waals surface area (Å²) < 4.78 is 0. The summed E-state index contributed by atoms with van der Waals surface area (Å²) in [6.45, 7) is 2.02. The number of thiazole rings is 1. The second-order valence-electron chi connectivity index (χ2n) is 3.98. The van der Waals surface area contributed by atoms with E-state index in [1.807, 2.05) is 26.1 Å². The summed E-state index contributed by atoms with van der Waals surface area (Å²) in [6, 6.07) is 8.26. The molecule has 17 heavy (non-hydrogen) atoms. The quantitative estimate of drug-likeness (QED) is 0.915. The lowest BCUT2D eigenvalue weighted by Crippen LogP contribution is -2.18. The largest absolute Gasteiger partial charge is 0.313 e. The van der Waals surface area contributed by atoms with Crippen LogP contribution < -0.4 is 5.32 Å². The number of aromatic nitrogens is 1. The minimum Gasteiger partial charge on any atom is -0.313 e. The molecule has 2 rings (SSSR count). The maximum atomic E-state index is 5.89. The van der Waals surface area contributed by atoms with Crippen molar-refractivity contribution in [1.82, 2.24) is 10.3 Å². The zero-order valence-corrected chi connectivity index (χ0v) is 11.5. The molecule has 2 aromatic rings. The molecule has 1 N–H and O–H groups in total. The van der Waals surface area contributed by atoms with Gasteiger partial charge in [-0.2, -0.15) is 0 Å². The first kappa shape index (κ1) is 12.6. The monoisotopic (exact) mass is 266 g/mol. The smallest absolute Gasteiger partial charge is 0.0947 e. The molecule has 1 aromatic carbocycles. The Bertz CT molecular complexity index is 478. The Morgan fingerprint density at radius 1 is 1.35 bits per heavy atom. The summed E-state index contributed by atoms with van der Waals surface area (Å²) in [5.74, 6) is 0. The summed E-state index contributed by atoms with van der Waals surface area (Å²) in [5, 5.41) is 7.34. The maximum absolute atomic E-state index is 5.89. The van der Waals surface area contributed by atoms with Gasteiger partial charge >= 0.3 is 0 Å². The minimum absolute atomic E-state index is 0.290. The molecule has 90 valence electrons. The molecule has 1 atom stereocenters. The number of hydrogen-bond donors (Lipinski definition) is 1. The van der Waals surface area contributed by atoms with Crippen molar-refractivity contribution in [2.75, 3.05) is 7.05 Å². The van der Waals surface area contributed by atoms with Crippen LogP contribution in [0.4, 0.5) is 0 Å². The zero-order chi connectivity index (χ0) is 12.3. The predicted octanol–water partition coefficient (Wildman–Crippen LogP) is 3.61. The van der Waals surface area contributed by atoms with Gasteiger partial charge in [0.25, 0.3) is 0 Å². The van der Waals surface area contributed by atoms with Crippen LogP contribution in [-0.2, 0) is 6.42 Å². The van der Waals surface area contributed by atoms with Gasteiger partial charge < -0.3 is 5.32 Å². The van der Waals surface area contributed by atoms with Gasteiger partial charge in [-0.15, -0.1) is 11.3 Å². The fourth-order valence-corrected chi connectivity index (χ4v) is 2.70. The third-order valence-corrected chi connectivity index (χ3v) is 3.91. The molecule has 0 bridgehead atoms. The molecule has 0 amide bonds. The molecule has 1 heterocycles. The second-order valence-corrected chi connectivity index (χ2v) is 5.36. The number of halogens is 1. The maximum Gasteiger partial charge on any atom is 0.0947 e. The lowest BCUT2D eigenvalue weighted by Gasteiger charge is -2.15. The van der Waals surface area contributed by atoms with Crippen LogP contribution in [0.5, 0.6) is 0 Å². The van der Waals surface area contributed by atoms with E-state index in [9.17, 15) is 0 Å². The van der Waals surface area contributed by atoms with E-state index in [1.54, 1.807) is 11.3 Å². The van der Waals surface area contributed by atoms with Crippen LogP contribution in [0.3, 0.4) is 0 Å². The number of rotatable bonds is 4. The van der Waals surface area contributed by atoms with Gasteiger partial charge in [0.15, 0.2) is 0 Å². The van der Waals surface area contributed by atoms with Gasteiger partial charge in [-0.1, -0.05) is 23.7 Å². The molecule has 0 radical (unpaired) electrons. The molecule has 1 unspecified atom stereocenters. The summed E-state index contributed by atoms with van der Waals surface area (Å²) in [6.07, 6.45) is 0.913. The fourth-order valence-electron chi connectivity index (χ4n) is 1.75. The van der Waals surface area contributed by atoms with Crippen LogP contribution in [0.2, 0.25) is 5.02 Å². The van der Waals surface area contributed by atoms with Crippen LogP contribution >= 0.6 is 22.9 Å². The standard InChI is InChI=1S/C13H15ClN2S/c1-9-8-17-13(16-9)7-12(15-2)10-3-5-11(14)6-4-10/h3-6,8,12,15H,7H2,1-2H3. The summed E-state index contributed by atoms with van der Waals surface area (Å²) >= 11 is 7.61.